The standard InChI is InChI=1S/C12H24N2O/c1-12(15)6-3-7-14(9-12)11-5-2-4-10(11)8-13/h10-11,15H,2-9,13H2,1H3. The first-order valence-corrected chi connectivity index (χ1v) is 6.29. The molecule has 0 amide bonds. The molecule has 3 heteroatoms. The van der Waals surface area contributed by atoms with Gasteiger partial charge in [-0.3, -0.25) is 4.90 Å². The first-order valence-electron chi connectivity index (χ1n) is 6.29. The number of hydrogen-bond donors (Lipinski definition) is 2. The van der Waals surface area contributed by atoms with E-state index in [1.807, 2.05) is 6.92 Å². The summed E-state index contributed by atoms with van der Waals surface area (Å²) in [5.41, 5.74) is 5.34. The Balaban J connectivity index is 1.97. The Morgan fingerprint density at radius 2 is 2.20 bits per heavy atom. The van der Waals surface area contributed by atoms with Crippen molar-refractivity contribution >= 4 is 0 Å². The fourth-order valence-electron chi connectivity index (χ4n) is 3.31. The molecule has 0 radical (unpaired) electrons. The van der Waals surface area contributed by atoms with E-state index in [9.17, 15) is 5.11 Å². The molecular weight excluding hydrogens is 188 g/mol. The molecule has 0 aromatic heterocycles. The molecule has 3 unspecified atom stereocenters. The van der Waals surface area contributed by atoms with Crippen LogP contribution >= 0.6 is 0 Å². The summed E-state index contributed by atoms with van der Waals surface area (Å²) in [5.74, 6) is 0.666. The number of hydrogen-bond acceptors (Lipinski definition) is 3. The van der Waals surface area contributed by atoms with Crippen LogP contribution in [0.3, 0.4) is 0 Å². The van der Waals surface area contributed by atoms with Crippen LogP contribution in [-0.4, -0.2) is 41.3 Å². The average Bonchev–Trinajstić information content (AvgIpc) is 2.63. The molecule has 0 aromatic rings. The van der Waals surface area contributed by atoms with Gasteiger partial charge in [0.15, 0.2) is 0 Å². The summed E-state index contributed by atoms with van der Waals surface area (Å²) in [6.45, 7) is 4.76. The predicted molar refractivity (Wildman–Crippen MR) is 61.6 cm³/mol. The van der Waals surface area contributed by atoms with Crippen LogP contribution in [-0.2, 0) is 0 Å². The van der Waals surface area contributed by atoms with E-state index >= 15 is 0 Å². The van der Waals surface area contributed by atoms with Crippen LogP contribution in [0.5, 0.6) is 0 Å². The van der Waals surface area contributed by atoms with Crippen LogP contribution in [0.4, 0.5) is 0 Å². The molecule has 3 N–H and O–H groups in total. The van der Waals surface area contributed by atoms with Crippen molar-refractivity contribution in [3.8, 4) is 0 Å². The maximum atomic E-state index is 10.1. The molecule has 1 aliphatic carbocycles. The summed E-state index contributed by atoms with van der Waals surface area (Å²) >= 11 is 0. The van der Waals surface area contributed by atoms with E-state index in [2.05, 4.69) is 4.90 Å². The first kappa shape index (κ1) is 11.4. The lowest BCUT2D eigenvalue weighted by atomic mass is 9.91. The van der Waals surface area contributed by atoms with Crippen LogP contribution in [0.15, 0.2) is 0 Å². The third-order valence-corrected chi connectivity index (χ3v) is 4.10. The van der Waals surface area contributed by atoms with E-state index in [4.69, 9.17) is 5.73 Å². The molecule has 2 aliphatic rings. The molecule has 1 heterocycles. The largest absolute Gasteiger partial charge is 0.389 e. The van der Waals surface area contributed by atoms with E-state index in [1.165, 1.54) is 19.3 Å². The van der Waals surface area contributed by atoms with Crippen molar-refractivity contribution in [3.05, 3.63) is 0 Å². The summed E-state index contributed by atoms with van der Waals surface area (Å²) in [5, 5.41) is 10.1. The van der Waals surface area contributed by atoms with Crippen molar-refractivity contribution in [3.63, 3.8) is 0 Å². The van der Waals surface area contributed by atoms with Gasteiger partial charge >= 0.3 is 0 Å². The second-order valence-electron chi connectivity index (χ2n) is 5.57. The Hall–Kier alpha value is -0.120. The lowest BCUT2D eigenvalue weighted by Crippen LogP contribution is -2.52. The van der Waals surface area contributed by atoms with Crippen molar-refractivity contribution in [2.24, 2.45) is 11.7 Å². The average molecular weight is 212 g/mol. The van der Waals surface area contributed by atoms with Crippen molar-refractivity contribution in [1.29, 1.82) is 0 Å². The lowest BCUT2D eigenvalue weighted by Gasteiger charge is -2.42. The molecular formula is C12H24N2O. The zero-order valence-electron chi connectivity index (χ0n) is 9.78. The van der Waals surface area contributed by atoms with E-state index < -0.39 is 5.60 Å². The molecule has 2 rings (SSSR count). The SMILES string of the molecule is CC1(O)CCCN(C2CCCC2CN)C1. The van der Waals surface area contributed by atoms with Crippen LogP contribution in [0.1, 0.15) is 39.0 Å². The first-order chi connectivity index (χ1) is 7.12. The smallest absolute Gasteiger partial charge is 0.0746 e. The van der Waals surface area contributed by atoms with Crippen molar-refractivity contribution < 1.29 is 5.11 Å². The summed E-state index contributed by atoms with van der Waals surface area (Å²) < 4.78 is 0. The van der Waals surface area contributed by atoms with Crippen LogP contribution in [0, 0.1) is 5.92 Å². The molecule has 88 valence electrons. The van der Waals surface area contributed by atoms with Gasteiger partial charge in [-0.05, 0) is 51.6 Å². The van der Waals surface area contributed by atoms with E-state index in [1.54, 1.807) is 0 Å². The van der Waals surface area contributed by atoms with Gasteiger partial charge in [-0.25, -0.2) is 0 Å². The Morgan fingerprint density at radius 3 is 2.87 bits per heavy atom. The Kier molecular flexibility index (Phi) is 3.33. The minimum Gasteiger partial charge on any atom is -0.389 e. The number of likely N-dealkylation sites (tertiary alicyclic amines) is 1. The topological polar surface area (TPSA) is 49.5 Å². The zero-order chi connectivity index (χ0) is 10.9. The molecule has 1 aliphatic heterocycles. The minimum atomic E-state index is -0.472. The summed E-state index contributed by atoms with van der Waals surface area (Å²) in [4.78, 5) is 2.48. The van der Waals surface area contributed by atoms with E-state index in [-0.39, 0.29) is 0 Å². The van der Waals surface area contributed by atoms with E-state index in [0.29, 0.717) is 12.0 Å². The van der Waals surface area contributed by atoms with Gasteiger partial charge in [0.2, 0.25) is 0 Å². The third kappa shape index (κ3) is 2.52. The summed E-state index contributed by atoms with van der Waals surface area (Å²) in [6.07, 6.45) is 5.94. The van der Waals surface area contributed by atoms with Gasteiger partial charge in [-0.2, -0.15) is 0 Å². The molecule has 3 atom stereocenters. The predicted octanol–water partition coefficient (Wildman–Crippen LogP) is 0.961. The third-order valence-electron chi connectivity index (χ3n) is 4.10. The number of rotatable bonds is 2. The molecule has 15 heavy (non-hydrogen) atoms. The molecule has 0 bridgehead atoms. The molecule has 0 spiro atoms. The summed E-state index contributed by atoms with van der Waals surface area (Å²) in [7, 11) is 0. The van der Waals surface area contributed by atoms with E-state index in [0.717, 1.165) is 32.5 Å². The fraction of sp³-hybridized carbons (Fsp3) is 1.00. The second-order valence-corrected chi connectivity index (χ2v) is 5.57. The quantitative estimate of drug-likeness (QED) is 0.717. The van der Waals surface area contributed by atoms with Gasteiger partial charge in [-0.1, -0.05) is 6.42 Å². The van der Waals surface area contributed by atoms with Crippen molar-refractivity contribution in [2.75, 3.05) is 19.6 Å². The highest BCUT2D eigenvalue weighted by Gasteiger charge is 2.36. The Bertz CT molecular complexity index is 218. The molecule has 0 aromatic carbocycles. The van der Waals surface area contributed by atoms with Gasteiger partial charge < -0.3 is 10.8 Å². The minimum absolute atomic E-state index is 0.472. The maximum absolute atomic E-state index is 10.1. The maximum Gasteiger partial charge on any atom is 0.0746 e. The van der Waals surface area contributed by atoms with Crippen molar-refractivity contribution in [2.45, 2.75) is 50.7 Å². The highest BCUT2D eigenvalue weighted by atomic mass is 16.3. The number of nitrogens with zero attached hydrogens (tertiary/aromatic N) is 1. The van der Waals surface area contributed by atoms with Gasteiger partial charge in [0.05, 0.1) is 5.60 Å². The molecule has 2 fully saturated rings. The Morgan fingerprint density at radius 1 is 1.40 bits per heavy atom. The number of β-amino-alcohol motifs (C(OH)–C–C–N with tert-alkyl or cyclic N) is 1. The van der Waals surface area contributed by atoms with Crippen LogP contribution < -0.4 is 5.73 Å². The molecule has 1 saturated carbocycles. The monoisotopic (exact) mass is 212 g/mol. The highest BCUT2D eigenvalue weighted by Crippen LogP contribution is 2.32. The lowest BCUT2D eigenvalue weighted by molar-refractivity contribution is -0.0348. The normalized spacial score (nSPS) is 43.4. The van der Waals surface area contributed by atoms with Gasteiger partial charge in [0, 0.05) is 12.6 Å². The molecule has 3 nitrogen and oxygen atoms in total. The van der Waals surface area contributed by atoms with Gasteiger partial charge in [0.25, 0.3) is 0 Å². The second kappa shape index (κ2) is 4.40. The fourth-order valence-corrected chi connectivity index (χ4v) is 3.31. The van der Waals surface area contributed by atoms with Crippen LogP contribution in [0.25, 0.3) is 0 Å². The Labute approximate surface area is 92.6 Å². The molecule has 1 saturated heterocycles. The number of piperidine rings is 1. The number of nitrogens with two attached hydrogens (primary N) is 1. The van der Waals surface area contributed by atoms with Crippen molar-refractivity contribution in [1.82, 2.24) is 4.90 Å². The number of aliphatic hydroxyl groups is 1. The zero-order valence-corrected chi connectivity index (χ0v) is 9.78. The summed E-state index contributed by atoms with van der Waals surface area (Å²) in [6, 6.07) is 0.641. The highest BCUT2D eigenvalue weighted by molar-refractivity contribution is 4.92. The van der Waals surface area contributed by atoms with Gasteiger partial charge in [0.1, 0.15) is 0 Å². The van der Waals surface area contributed by atoms with Gasteiger partial charge in [-0.15, -0.1) is 0 Å². The van der Waals surface area contributed by atoms with Crippen LogP contribution in [0.2, 0.25) is 0 Å².